The largest absolute Gasteiger partial charge is 0.494 e. The number of hydrogen-bond acceptors (Lipinski definition) is 2. The molecule has 25 heavy (non-hydrogen) atoms. The summed E-state index contributed by atoms with van der Waals surface area (Å²) >= 11 is 0. The Bertz CT molecular complexity index is 938. The predicted molar refractivity (Wildman–Crippen MR) is 104 cm³/mol. The second-order valence-corrected chi connectivity index (χ2v) is 5.44. The minimum Gasteiger partial charge on any atom is -0.494 e. The average Bonchev–Trinajstić information content (AvgIpc) is 3.18. The third kappa shape index (κ3) is 3.15. The Labute approximate surface area is 147 Å². The van der Waals surface area contributed by atoms with Crippen LogP contribution in [0.3, 0.4) is 0 Å². The van der Waals surface area contributed by atoms with E-state index in [0.29, 0.717) is 12.2 Å². The maximum Gasteiger partial charge on any atom is 0.256 e. The van der Waals surface area contributed by atoms with E-state index < -0.39 is 0 Å². The molecule has 0 bridgehead atoms. The number of amides is 1. The number of rotatable bonds is 3. The lowest BCUT2D eigenvalue weighted by Gasteiger charge is -2.03. The molecule has 0 aliphatic carbocycles. The van der Waals surface area contributed by atoms with Gasteiger partial charge in [-0.3, -0.25) is 4.79 Å². The van der Waals surface area contributed by atoms with Crippen LogP contribution in [0.4, 0.5) is 5.69 Å². The molecule has 0 atom stereocenters. The van der Waals surface area contributed by atoms with Gasteiger partial charge in [0.25, 0.3) is 5.91 Å². The molecular formula is C21H22N2O2. The molecule has 4 heteroatoms. The number of nitrogens with one attached hydrogen (secondary N) is 2. The highest BCUT2D eigenvalue weighted by Crippen LogP contribution is 2.34. The lowest BCUT2D eigenvalue weighted by molar-refractivity contribution is -0.110. The second-order valence-electron chi connectivity index (χ2n) is 5.44. The first-order chi connectivity index (χ1) is 12.3. The summed E-state index contributed by atoms with van der Waals surface area (Å²) in [5.74, 6) is 0.761. The normalized spacial score (nSPS) is 14.0. The van der Waals surface area contributed by atoms with Gasteiger partial charge in [0.2, 0.25) is 0 Å². The molecule has 0 radical (unpaired) electrons. The average molecular weight is 334 g/mol. The number of carbonyl (C=O) groups is 1. The number of fused-ring (bicyclic) bond motifs is 2. The Balaban J connectivity index is 0.000000880. The molecule has 1 aliphatic heterocycles. The topological polar surface area (TPSA) is 54.1 Å². The molecule has 0 fully saturated rings. The quantitative estimate of drug-likeness (QED) is 0.656. The number of H-pyrrole nitrogens is 1. The van der Waals surface area contributed by atoms with Gasteiger partial charge < -0.3 is 15.0 Å². The van der Waals surface area contributed by atoms with E-state index in [4.69, 9.17) is 4.74 Å². The summed E-state index contributed by atoms with van der Waals surface area (Å²) in [7, 11) is 0. The molecule has 1 amide bonds. The monoisotopic (exact) mass is 334 g/mol. The van der Waals surface area contributed by atoms with Gasteiger partial charge in [0, 0.05) is 39.5 Å². The lowest BCUT2D eigenvalue weighted by atomic mass is 10.0. The summed E-state index contributed by atoms with van der Waals surface area (Å²) in [6, 6.07) is 13.7. The Kier molecular flexibility index (Phi) is 4.89. The van der Waals surface area contributed by atoms with E-state index in [1.54, 1.807) is 0 Å². The first-order valence-corrected chi connectivity index (χ1v) is 8.62. The van der Waals surface area contributed by atoms with Crippen LogP contribution in [-0.4, -0.2) is 17.5 Å². The van der Waals surface area contributed by atoms with Crippen LogP contribution >= 0.6 is 0 Å². The maximum atomic E-state index is 12.2. The fourth-order valence-electron chi connectivity index (χ4n) is 2.93. The molecule has 0 unspecified atom stereocenters. The highest BCUT2D eigenvalue weighted by Gasteiger charge is 2.23. The van der Waals surface area contributed by atoms with Crippen molar-refractivity contribution in [3.63, 3.8) is 0 Å². The fraction of sp³-hybridized carbons (Fsp3) is 0.190. The summed E-state index contributed by atoms with van der Waals surface area (Å²) in [4.78, 5) is 15.5. The van der Waals surface area contributed by atoms with E-state index in [1.807, 2.05) is 75.5 Å². The van der Waals surface area contributed by atoms with Crippen LogP contribution in [0.15, 0.2) is 48.7 Å². The van der Waals surface area contributed by atoms with Gasteiger partial charge in [-0.25, -0.2) is 0 Å². The molecule has 2 heterocycles. The maximum absolute atomic E-state index is 12.2. The van der Waals surface area contributed by atoms with E-state index in [0.717, 1.165) is 33.5 Å². The van der Waals surface area contributed by atoms with Crippen LogP contribution in [0.25, 0.3) is 22.6 Å². The Hall–Kier alpha value is -3.01. The SMILES string of the molecule is CC.CCOc1ccc2[nH]cc(/C=C3\C(=O)Nc4ccccc43)c2c1. The van der Waals surface area contributed by atoms with Crippen molar-refractivity contribution in [2.75, 3.05) is 11.9 Å². The van der Waals surface area contributed by atoms with Crippen molar-refractivity contribution in [1.29, 1.82) is 0 Å². The fourth-order valence-corrected chi connectivity index (χ4v) is 2.93. The zero-order chi connectivity index (χ0) is 17.8. The number of aromatic nitrogens is 1. The van der Waals surface area contributed by atoms with Gasteiger partial charge in [0.1, 0.15) is 5.75 Å². The van der Waals surface area contributed by atoms with Crippen molar-refractivity contribution in [3.05, 3.63) is 59.8 Å². The second kappa shape index (κ2) is 7.26. The van der Waals surface area contributed by atoms with Crippen LogP contribution in [0.2, 0.25) is 0 Å². The molecule has 1 aliphatic rings. The molecule has 0 saturated heterocycles. The van der Waals surface area contributed by atoms with Crippen LogP contribution in [0, 0.1) is 0 Å². The summed E-state index contributed by atoms with van der Waals surface area (Å²) in [5, 5.41) is 3.94. The van der Waals surface area contributed by atoms with E-state index in [-0.39, 0.29) is 5.91 Å². The molecule has 0 spiro atoms. The van der Waals surface area contributed by atoms with Crippen molar-refractivity contribution in [1.82, 2.24) is 4.98 Å². The number of carbonyl (C=O) groups excluding carboxylic acids is 1. The molecule has 4 rings (SSSR count). The molecule has 2 aromatic carbocycles. The van der Waals surface area contributed by atoms with Crippen molar-refractivity contribution < 1.29 is 9.53 Å². The van der Waals surface area contributed by atoms with Crippen molar-refractivity contribution in [2.24, 2.45) is 0 Å². The predicted octanol–water partition coefficient (Wildman–Crippen LogP) is 5.09. The van der Waals surface area contributed by atoms with Crippen molar-refractivity contribution >= 4 is 34.1 Å². The number of anilines is 1. The zero-order valence-corrected chi connectivity index (χ0v) is 14.7. The molecule has 4 nitrogen and oxygen atoms in total. The van der Waals surface area contributed by atoms with E-state index >= 15 is 0 Å². The van der Waals surface area contributed by atoms with Crippen LogP contribution < -0.4 is 10.1 Å². The molecule has 3 aromatic rings. The lowest BCUT2D eigenvalue weighted by Crippen LogP contribution is -2.03. The number of aromatic amines is 1. The molecule has 1 aromatic heterocycles. The van der Waals surface area contributed by atoms with E-state index in [1.165, 1.54) is 0 Å². The third-order valence-electron chi connectivity index (χ3n) is 4.01. The first kappa shape index (κ1) is 16.8. The molecule has 2 N–H and O–H groups in total. The van der Waals surface area contributed by atoms with E-state index in [9.17, 15) is 4.79 Å². The van der Waals surface area contributed by atoms with Gasteiger partial charge in [-0.15, -0.1) is 0 Å². The minimum atomic E-state index is -0.0680. The van der Waals surface area contributed by atoms with Gasteiger partial charge >= 0.3 is 0 Å². The zero-order valence-electron chi connectivity index (χ0n) is 14.7. The molecule has 0 saturated carbocycles. The van der Waals surface area contributed by atoms with Crippen LogP contribution in [-0.2, 0) is 4.79 Å². The summed E-state index contributed by atoms with van der Waals surface area (Å²) in [6.45, 7) is 6.59. The number of ether oxygens (including phenoxy) is 1. The van der Waals surface area contributed by atoms with Crippen molar-refractivity contribution in [2.45, 2.75) is 20.8 Å². The molecule has 128 valence electrons. The minimum absolute atomic E-state index is 0.0680. The Morgan fingerprint density at radius 1 is 1.12 bits per heavy atom. The van der Waals surface area contributed by atoms with Gasteiger partial charge in [-0.1, -0.05) is 32.0 Å². The van der Waals surface area contributed by atoms with Gasteiger partial charge in [-0.05, 0) is 37.3 Å². The van der Waals surface area contributed by atoms with Crippen LogP contribution in [0.5, 0.6) is 5.75 Å². The molecular weight excluding hydrogens is 312 g/mol. The standard InChI is InChI=1S/C19H16N2O2.C2H6/c1-2-23-13-7-8-17-15(10-13)12(11-20-17)9-16-14-5-3-4-6-18(14)21-19(16)22;1-2/h3-11,20H,2H2,1H3,(H,21,22);1-2H3/b16-9-;. The highest BCUT2D eigenvalue weighted by molar-refractivity contribution is 6.35. The highest BCUT2D eigenvalue weighted by atomic mass is 16.5. The first-order valence-electron chi connectivity index (χ1n) is 8.62. The third-order valence-corrected chi connectivity index (χ3v) is 4.01. The summed E-state index contributed by atoms with van der Waals surface area (Å²) in [5.41, 5.74) is 4.48. The van der Waals surface area contributed by atoms with Gasteiger partial charge in [0.05, 0.1) is 6.61 Å². The van der Waals surface area contributed by atoms with Gasteiger partial charge in [-0.2, -0.15) is 0 Å². The summed E-state index contributed by atoms with van der Waals surface area (Å²) < 4.78 is 5.57. The Morgan fingerprint density at radius 3 is 2.72 bits per heavy atom. The summed E-state index contributed by atoms with van der Waals surface area (Å²) in [6.07, 6.45) is 3.84. The van der Waals surface area contributed by atoms with E-state index in [2.05, 4.69) is 10.3 Å². The smallest absolute Gasteiger partial charge is 0.256 e. The number of benzene rings is 2. The van der Waals surface area contributed by atoms with Crippen molar-refractivity contribution in [3.8, 4) is 5.75 Å². The van der Waals surface area contributed by atoms with Gasteiger partial charge in [0.15, 0.2) is 0 Å². The number of hydrogen-bond donors (Lipinski definition) is 2. The Morgan fingerprint density at radius 2 is 1.92 bits per heavy atom. The number of para-hydroxylation sites is 1. The van der Waals surface area contributed by atoms with Crippen LogP contribution in [0.1, 0.15) is 31.9 Å².